The van der Waals surface area contributed by atoms with Crippen molar-refractivity contribution in [3.8, 4) is 10.7 Å². The van der Waals surface area contributed by atoms with E-state index in [1.807, 2.05) is 29.8 Å². The quantitative estimate of drug-likeness (QED) is 0.753. The Balaban J connectivity index is 2.17. The van der Waals surface area contributed by atoms with Crippen LogP contribution >= 0.6 is 11.3 Å². The number of aliphatic hydroxyl groups excluding tert-OH is 1. The molecule has 0 unspecified atom stereocenters. The standard InChI is InChI=1S/C12H11N3OS/c1-15-8(7-16)6-14-12(15)11-5-9-10(17-11)3-2-4-13-9/h2-6,16H,7H2,1H3. The number of fused-ring (bicyclic) bond motifs is 1. The third-order valence-electron chi connectivity index (χ3n) is 2.75. The zero-order chi connectivity index (χ0) is 11.8. The first-order valence-electron chi connectivity index (χ1n) is 5.26. The van der Waals surface area contributed by atoms with Gasteiger partial charge < -0.3 is 9.67 Å². The summed E-state index contributed by atoms with van der Waals surface area (Å²) in [5.41, 5.74) is 1.80. The number of imidazole rings is 1. The maximum Gasteiger partial charge on any atom is 0.150 e. The third-order valence-corrected chi connectivity index (χ3v) is 3.84. The Morgan fingerprint density at radius 3 is 3.00 bits per heavy atom. The summed E-state index contributed by atoms with van der Waals surface area (Å²) in [6, 6.07) is 6.01. The van der Waals surface area contributed by atoms with Crippen molar-refractivity contribution in [3.63, 3.8) is 0 Å². The van der Waals surface area contributed by atoms with Gasteiger partial charge in [-0.1, -0.05) is 0 Å². The minimum Gasteiger partial charge on any atom is -0.390 e. The minimum absolute atomic E-state index is 0.00659. The summed E-state index contributed by atoms with van der Waals surface area (Å²) in [5, 5.41) is 9.15. The van der Waals surface area contributed by atoms with Crippen LogP contribution < -0.4 is 0 Å². The molecule has 17 heavy (non-hydrogen) atoms. The molecule has 5 heteroatoms. The highest BCUT2D eigenvalue weighted by atomic mass is 32.1. The summed E-state index contributed by atoms with van der Waals surface area (Å²) < 4.78 is 3.06. The highest BCUT2D eigenvalue weighted by molar-refractivity contribution is 7.22. The predicted octanol–water partition coefficient (Wildman–Crippen LogP) is 2.19. The monoisotopic (exact) mass is 245 g/mol. The van der Waals surface area contributed by atoms with Gasteiger partial charge in [0.1, 0.15) is 5.82 Å². The van der Waals surface area contributed by atoms with Gasteiger partial charge >= 0.3 is 0 Å². The molecule has 86 valence electrons. The minimum atomic E-state index is 0.00659. The van der Waals surface area contributed by atoms with Gasteiger partial charge in [-0.2, -0.15) is 0 Å². The van der Waals surface area contributed by atoms with Gasteiger partial charge in [0.25, 0.3) is 0 Å². The van der Waals surface area contributed by atoms with Crippen molar-refractivity contribution in [2.45, 2.75) is 6.61 Å². The smallest absolute Gasteiger partial charge is 0.150 e. The molecule has 0 spiro atoms. The van der Waals surface area contributed by atoms with Gasteiger partial charge in [0.2, 0.25) is 0 Å². The summed E-state index contributed by atoms with van der Waals surface area (Å²) in [5.74, 6) is 0.872. The molecule has 0 bridgehead atoms. The molecule has 0 aliphatic rings. The highest BCUT2D eigenvalue weighted by Crippen LogP contribution is 2.31. The number of hydrogen-bond acceptors (Lipinski definition) is 4. The molecule has 0 amide bonds. The van der Waals surface area contributed by atoms with Crippen LogP contribution in [0.25, 0.3) is 20.9 Å². The van der Waals surface area contributed by atoms with E-state index in [2.05, 4.69) is 9.97 Å². The Bertz CT molecular complexity index is 638. The lowest BCUT2D eigenvalue weighted by molar-refractivity contribution is 0.273. The zero-order valence-electron chi connectivity index (χ0n) is 9.29. The molecular formula is C12H11N3OS. The fourth-order valence-electron chi connectivity index (χ4n) is 1.80. The number of thiophene rings is 1. The molecule has 3 heterocycles. The fourth-order valence-corrected chi connectivity index (χ4v) is 2.85. The van der Waals surface area contributed by atoms with Crippen LogP contribution in [-0.4, -0.2) is 19.6 Å². The Morgan fingerprint density at radius 2 is 2.29 bits per heavy atom. The van der Waals surface area contributed by atoms with Crippen molar-refractivity contribution in [3.05, 3.63) is 36.3 Å². The molecule has 0 aliphatic heterocycles. The fraction of sp³-hybridized carbons (Fsp3) is 0.167. The van der Waals surface area contributed by atoms with Gasteiger partial charge in [-0.05, 0) is 18.2 Å². The van der Waals surface area contributed by atoms with Gasteiger partial charge in [-0.15, -0.1) is 11.3 Å². The molecule has 3 rings (SSSR count). The lowest BCUT2D eigenvalue weighted by atomic mass is 10.3. The van der Waals surface area contributed by atoms with E-state index in [1.165, 1.54) is 0 Å². The predicted molar refractivity (Wildman–Crippen MR) is 67.7 cm³/mol. The number of rotatable bonds is 2. The molecule has 0 fully saturated rings. The van der Waals surface area contributed by atoms with E-state index in [0.717, 1.165) is 26.6 Å². The summed E-state index contributed by atoms with van der Waals surface area (Å²) >= 11 is 1.66. The van der Waals surface area contributed by atoms with Crippen LogP contribution in [0, 0.1) is 0 Å². The molecule has 0 atom stereocenters. The molecule has 3 aromatic rings. The first kappa shape index (κ1) is 10.4. The van der Waals surface area contributed by atoms with Gasteiger partial charge in [0.05, 0.1) is 33.6 Å². The molecule has 0 aromatic carbocycles. The lowest BCUT2D eigenvalue weighted by Gasteiger charge is -2.00. The maximum absolute atomic E-state index is 9.15. The lowest BCUT2D eigenvalue weighted by Crippen LogP contribution is -1.97. The van der Waals surface area contributed by atoms with Crippen molar-refractivity contribution in [1.82, 2.24) is 14.5 Å². The van der Waals surface area contributed by atoms with Crippen molar-refractivity contribution >= 4 is 21.6 Å². The van der Waals surface area contributed by atoms with Crippen LogP contribution in [0.3, 0.4) is 0 Å². The van der Waals surface area contributed by atoms with Crippen LogP contribution in [0.4, 0.5) is 0 Å². The summed E-state index contributed by atoms with van der Waals surface area (Å²) in [6.07, 6.45) is 3.49. The molecule has 0 saturated carbocycles. The van der Waals surface area contributed by atoms with Crippen LogP contribution in [0.15, 0.2) is 30.6 Å². The second-order valence-electron chi connectivity index (χ2n) is 3.79. The van der Waals surface area contributed by atoms with E-state index in [1.54, 1.807) is 23.7 Å². The van der Waals surface area contributed by atoms with Crippen molar-refractivity contribution in [2.75, 3.05) is 0 Å². The molecule has 0 saturated heterocycles. The largest absolute Gasteiger partial charge is 0.390 e. The Kier molecular flexibility index (Phi) is 2.42. The molecule has 0 radical (unpaired) electrons. The zero-order valence-corrected chi connectivity index (χ0v) is 10.1. The second-order valence-corrected chi connectivity index (χ2v) is 4.87. The molecular weight excluding hydrogens is 234 g/mol. The van der Waals surface area contributed by atoms with Crippen LogP contribution in [0.5, 0.6) is 0 Å². The number of pyridine rings is 1. The van der Waals surface area contributed by atoms with E-state index in [0.29, 0.717) is 0 Å². The number of aliphatic hydroxyl groups is 1. The number of hydrogen-bond donors (Lipinski definition) is 1. The Morgan fingerprint density at radius 1 is 1.41 bits per heavy atom. The van der Waals surface area contributed by atoms with E-state index in [9.17, 15) is 0 Å². The molecule has 3 aromatic heterocycles. The average Bonchev–Trinajstić information content (AvgIpc) is 2.91. The van der Waals surface area contributed by atoms with Crippen LogP contribution in [-0.2, 0) is 13.7 Å². The maximum atomic E-state index is 9.15. The molecule has 4 nitrogen and oxygen atoms in total. The number of nitrogens with zero attached hydrogens (tertiary/aromatic N) is 3. The van der Waals surface area contributed by atoms with Crippen molar-refractivity contribution in [2.24, 2.45) is 7.05 Å². The van der Waals surface area contributed by atoms with E-state index in [4.69, 9.17) is 5.11 Å². The highest BCUT2D eigenvalue weighted by Gasteiger charge is 2.11. The average molecular weight is 245 g/mol. The number of aromatic nitrogens is 3. The normalized spacial score (nSPS) is 11.2. The molecule has 0 aliphatic carbocycles. The first-order valence-corrected chi connectivity index (χ1v) is 6.07. The van der Waals surface area contributed by atoms with E-state index >= 15 is 0 Å². The van der Waals surface area contributed by atoms with Gasteiger partial charge in [0, 0.05) is 13.2 Å². The SMILES string of the molecule is Cn1c(CO)cnc1-c1cc2ncccc2s1. The van der Waals surface area contributed by atoms with Crippen molar-refractivity contribution in [1.29, 1.82) is 0 Å². The third kappa shape index (κ3) is 1.64. The second kappa shape index (κ2) is 3.94. The van der Waals surface area contributed by atoms with Crippen molar-refractivity contribution < 1.29 is 5.11 Å². The van der Waals surface area contributed by atoms with E-state index < -0.39 is 0 Å². The van der Waals surface area contributed by atoms with Crippen LogP contribution in [0.1, 0.15) is 5.69 Å². The Hall–Kier alpha value is -1.72. The molecule has 1 N–H and O–H groups in total. The Labute approximate surface area is 102 Å². The van der Waals surface area contributed by atoms with Crippen LogP contribution in [0.2, 0.25) is 0 Å². The first-order chi connectivity index (χ1) is 8.29. The van der Waals surface area contributed by atoms with Gasteiger partial charge in [-0.3, -0.25) is 4.98 Å². The summed E-state index contributed by atoms with van der Waals surface area (Å²) in [7, 11) is 1.91. The van der Waals surface area contributed by atoms with Gasteiger partial charge in [0.15, 0.2) is 0 Å². The van der Waals surface area contributed by atoms with E-state index in [-0.39, 0.29) is 6.61 Å². The topological polar surface area (TPSA) is 50.9 Å². The van der Waals surface area contributed by atoms with Gasteiger partial charge in [-0.25, -0.2) is 4.98 Å². The summed E-state index contributed by atoms with van der Waals surface area (Å²) in [6.45, 7) is 0.00659. The summed E-state index contributed by atoms with van der Waals surface area (Å²) in [4.78, 5) is 9.72.